The van der Waals surface area contributed by atoms with E-state index in [9.17, 15) is 4.79 Å². The number of hydrogen-bond donors (Lipinski definition) is 1. The molecular formula is C11H17N5O2. The normalized spacial score (nSPS) is 21.4. The fourth-order valence-electron chi connectivity index (χ4n) is 2.12. The van der Waals surface area contributed by atoms with Crippen molar-refractivity contribution in [3.8, 4) is 0 Å². The summed E-state index contributed by atoms with van der Waals surface area (Å²) in [7, 11) is 0. The number of nitrogens with zero attached hydrogens (tertiary/aromatic N) is 4. The molecule has 3 rings (SSSR count). The summed E-state index contributed by atoms with van der Waals surface area (Å²) in [6, 6.07) is 0.339. The molecule has 0 radical (unpaired) electrons. The third-order valence-corrected chi connectivity index (χ3v) is 3.37. The van der Waals surface area contributed by atoms with Crippen LogP contribution in [0.4, 0.5) is 0 Å². The molecule has 1 aromatic heterocycles. The van der Waals surface area contributed by atoms with Crippen molar-refractivity contribution in [3.63, 3.8) is 0 Å². The third-order valence-electron chi connectivity index (χ3n) is 3.37. The van der Waals surface area contributed by atoms with Crippen molar-refractivity contribution in [3.05, 3.63) is 11.9 Å². The van der Waals surface area contributed by atoms with Gasteiger partial charge in [0.05, 0.1) is 18.8 Å². The number of nitrogens with one attached hydrogen (secondary N) is 1. The lowest BCUT2D eigenvalue weighted by Crippen LogP contribution is -2.43. The van der Waals surface area contributed by atoms with Crippen molar-refractivity contribution in [2.45, 2.75) is 12.5 Å². The second kappa shape index (κ2) is 5.03. The Bertz CT molecular complexity index is 421. The molecule has 98 valence electrons. The van der Waals surface area contributed by atoms with Crippen LogP contribution in [0.2, 0.25) is 0 Å². The molecule has 2 fully saturated rings. The van der Waals surface area contributed by atoms with Gasteiger partial charge in [0, 0.05) is 32.8 Å². The van der Waals surface area contributed by atoms with E-state index in [0.29, 0.717) is 24.9 Å². The summed E-state index contributed by atoms with van der Waals surface area (Å²) in [4.78, 5) is 14.0. The molecule has 0 bridgehead atoms. The van der Waals surface area contributed by atoms with Gasteiger partial charge in [-0.1, -0.05) is 5.21 Å². The zero-order valence-electron chi connectivity index (χ0n) is 10.2. The maximum Gasteiger partial charge on any atom is 0.276 e. The summed E-state index contributed by atoms with van der Waals surface area (Å²) in [5.74, 6) is -0.0426. The van der Waals surface area contributed by atoms with Crippen LogP contribution in [0.3, 0.4) is 0 Å². The topological polar surface area (TPSA) is 72.3 Å². The Morgan fingerprint density at radius 2 is 2.28 bits per heavy atom. The SMILES string of the molecule is O=C(c1cn(C2CNC2)nn1)N1CCCOCC1. The van der Waals surface area contributed by atoms with Gasteiger partial charge in [0.1, 0.15) is 0 Å². The molecule has 2 aliphatic heterocycles. The first-order chi connectivity index (χ1) is 8.84. The second-order valence-electron chi connectivity index (χ2n) is 4.65. The minimum absolute atomic E-state index is 0.0426. The van der Waals surface area contributed by atoms with Gasteiger partial charge >= 0.3 is 0 Å². The van der Waals surface area contributed by atoms with E-state index in [1.807, 2.05) is 0 Å². The lowest BCUT2D eigenvalue weighted by Gasteiger charge is -2.26. The van der Waals surface area contributed by atoms with E-state index in [-0.39, 0.29) is 5.91 Å². The quantitative estimate of drug-likeness (QED) is 0.751. The Balaban J connectivity index is 1.68. The van der Waals surface area contributed by atoms with E-state index in [4.69, 9.17) is 4.74 Å². The Morgan fingerprint density at radius 3 is 3.06 bits per heavy atom. The molecule has 1 aromatic rings. The van der Waals surface area contributed by atoms with Crippen molar-refractivity contribution in [1.82, 2.24) is 25.2 Å². The molecule has 0 aromatic carbocycles. The van der Waals surface area contributed by atoms with Crippen LogP contribution in [0.15, 0.2) is 6.20 Å². The van der Waals surface area contributed by atoms with Crippen LogP contribution in [0.25, 0.3) is 0 Å². The molecule has 0 atom stereocenters. The van der Waals surface area contributed by atoms with Gasteiger partial charge in [-0.15, -0.1) is 5.10 Å². The molecule has 7 heteroatoms. The first kappa shape index (κ1) is 11.6. The van der Waals surface area contributed by atoms with Gasteiger partial charge in [-0.2, -0.15) is 0 Å². The number of ether oxygens (including phenoxy) is 1. The minimum atomic E-state index is -0.0426. The second-order valence-corrected chi connectivity index (χ2v) is 4.65. The molecule has 0 saturated carbocycles. The number of rotatable bonds is 2. The lowest BCUT2D eigenvalue weighted by molar-refractivity contribution is 0.0735. The molecule has 7 nitrogen and oxygen atoms in total. The van der Waals surface area contributed by atoms with Gasteiger partial charge in [0.2, 0.25) is 0 Å². The highest BCUT2D eigenvalue weighted by atomic mass is 16.5. The van der Waals surface area contributed by atoms with Gasteiger partial charge in [0.25, 0.3) is 5.91 Å². The summed E-state index contributed by atoms with van der Waals surface area (Å²) in [6.45, 7) is 4.49. The predicted molar refractivity (Wildman–Crippen MR) is 63.3 cm³/mol. The average Bonchev–Trinajstić information content (AvgIpc) is 2.62. The summed E-state index contributed by atoms with van der Waals surface area (Å²) in [5, 5.41) is 11.2. The summed E-state index contributed by atoms with van der Waals surface area (Å²) in [5.41, 5.74) is 0.434. The molecule has 1 amide bonds. The molecular weight excluding hydrogens is 234 g/mol. The van der Waals surface area contributed by atoms with Gasteiger partial charge in [-0.3, -0.25) is 4.79 Å². The first-order valence-electron chi connectivity index (χ1n) is 6.34. The zero-order chi connectivity index (χ0) is 12.4. The standard InChI is InChI=1S/C11H17N5O2/c17-11(15-2-1-4-18-5-3-15)10-8-16(14-13-10)9-6-12-7-9/h8-9,12H,1-7H2. The largest absolute Gasteiger partial charge is 0.380 e. The van der Waals surface area contributed by atoms with Crippen LogP contribution in [0.5, 0.6) is 0 Å². The molecule has 2 aliphatic rings. The number of aromatic nitrogens is 3. The lowest BCUT2D eigenvalue weighted by atomic mass is 10.2. The van der Waals surface area contributed by atoms with Crippen molar-refractivity contribution < 1.29 is 9.53 Å². The van der Waals surface area contributed by atoms with E-state index in [0.717, 1.165) is 32.7 Å². The van der Waals surface area contributed by atoms with Crippen LogP contribution in [0, 0.1) is 0 Å². The van der Waals surface area contributed by atoms with Crippen LogP contribution in [0.1, 0.15) is 23.0 Å². The minimum Gasteiger partial charge on any atom is -0.380 e. The highest BCUT2D eigenvalue weighted by molar-refractivity contribution is 5.91. The number of carbonyl (C=O) groups is 1. The monoisotopic (exact) mass is 251 g/mol. The third kappa shape index (κ3) is 2.23. The van der Waals surface area contributed by atoms with Gasteiger partial charge in [-0.25, -0.2) is 4.68 Å². The Hall–Kier alpha value is -1.47. The van der Waals surface area contributed by atoms with Crippen LogP contribution < -0.4 is 5.32 Å². The number of amides is 1. The van der Waals surface area contributed by atoms with Crippen LogP contribution >= 0.6 is 0 Å². The van der Waals surface area contributed by atoms with Crippen LogP contribution in [-0.4, -0.2) is 65.2 Å². The molecule has 3 heterocycles. The first-order valence-corrected chi connectivity index (χ1v) is 6.34. The van der Waals surface area contributed by atoms with Crippen molar-refractivity contribution in [2.24, 2.45) is 0 Å². The average molecular weight is 251 g/mol. The fourth-order valence-corrected chi connectivity index (χ4v) is 2.12. The molecule has 18 heavy (non-hydrogen) atoms. The van der Waals surface area contributed by atoms with E-state index >= 15 is 0 Å². The number of hydrogen-bond acceptors (Lipinski definition) is 5. The Kier molecular flexibility index (Phi) is 3.24. The van der Waals surface area contributed by atoms with Crippen LogP contribution in [-0.2, 0) is 4.74 Å². The van der Waals surface area contributed by atoms with E-state index in [1.54, 1.807) is 15.8 Å². The maximum absolute atomic E-state index is 12.2. The molecule has 0 spiro atoms. The van der Waals surface area contributed by atoms with Crippen molar-refractivity contribution >= 4 is 5.91 Å². The Morgan fingerprint density at radius 1 is 1.39 bits per heavy atom. The smallest absolute Gasteiger partial charge is 0.276 e. The van der Waals surface area contributed by atoms with Crippen molar-refractivity contribution in [1.29, 1.82) is 0 Å². The van der Waals surface area contributed by atoms with Gasteiger partial charge in [0.15, 0.2) is 5.69 Å². The summed E-state index contributed by atoms with van der Waals surface area (Å²) < 4.78 is 7.11. The molecule has 2 saturated heterocycles. The summed E-state index contributed by atoms with van der Waals surface area (Å²) >= 11 is 0. The highest BCUT2D eigenvalue weighted by Gasteiger charge is 2.24. The molecule has 1 N–H and O–H groups in total. The van der Waals surface area contributed by atoms with Gasteiger partial charge < -0.3 is 15.0 Å². The molecule has 0 unspecified atom stereocenters. The summed E-state index contributed by atoms with van der Waals surface area (Å²) in [6.07, 6.45) is 2.63. The van der Waals surface area contributed by atoms with E-state index in [2.05, 4.69) is 15.6 Å². The fraction of sp³-hybridized carbons (Fsp3) is 0.727. The van der Waals surface area contributed by atoms with Gasteiger partial charge in [-0.05, 0) is 6.42 Å². The zero-order valence-corrected chi connectivity index (χ0v) is 10.2. The van der Waals surface area contributed by atoms with E-state index < -0.39 is 0 Å². The molecule has 0 aliphatic carbocycles. The maximum atomic E-state index is 12.2. The van der Waals surface area contributed by atoms with E-state index in [1.165, 1.54) is 0 Å². The Labute approximate surface area is 105 Å². The predicted octanol–water partition coefficient (Wildman–Crippen LogP) is -0.715. The highest BCUT2D eigenvalue weighted by Crippen LogP contribution is 2.11. The number of carbonyl (C=O) groups excluding carboxylic acids is 1. The van der Waals surface area contributed by atoms with Crippen molar-refractivity contribution in [2.75, 3.05) is 39.4 Å².